The third-order valence-electron chi connectivity index (χ3n) is 2.73. The Kier molecular flexibility index (Phi) is 7.74. The lowest BCUT2D eigenvalue weighted by molar-refractivity contribution is -0.120. The lowest BCUT2D eigenvalue weighted by Crippen LogP contribution is -2.22. The van der Waals surface area contributed by atoms with Crippen LogP contribution >= 0.6 is 23.1 Å². The molecule has 4 nitrogen and oxygen atoms in total. The van der Waals surface area contributed by atoms with Gasteiger partial charge in [0, 0.05) is 11.7 Å². The first-order valence-electron chi connectivity index (χ1n) is 6.59. The van der Waals surface area contributed by atoms with Crippen molar-refractivity contribution < 1.29 is 4.79 Å². The van der Waals surface area contributed by atoms with E-state index in [4.69, 9.17) is 0 Å². The molecule has 1 amide bonds. The second kappa shape index (κ2) is 9.09. The van der Waals surface area contributed by atoms with Crippen molar-refractivity contribution in [2.24, 2.45) is 5.92 Å². The van der Waals surface area contributed by atoms with Crippen LogP contribution in [-0.4, -0.2) is 21.9 Å². The van der Waals surface area contributed by atoms with Gasteiger partial charge in [-0.05, 0) is 12.8 Å². The van der Waals surface area contributed by atoms with Crippen LogP contribution < -0.4 is 5.32 Å². The van der Waals surface area contributed by atoms with Gasteiger partial charge < -0.3 is 5.32 Å². The highest BCUT2D eigenvalue weighted by atomic mass is 32.2. The number of carbonyl (C=O) groups is 1. The zero-order valence-electron chi connectivity index (χ0n) is 11.5. The fourth-order valence-electron chi connectivity index (χ4n) is 1.63. The van der Waals surface area contributed by atoms with E-state index in [1.54, 1.807) is 11.8 Å². The van der Waals surface area contributed by atoms with Crippen molar-refractivity contribution in [1.29, 1.82) is 0 Å². The van der Waals surface area contributed by atoms with Gasteiger partial charge in [-0.25, -0.2) is 0 Å². The van der Waals surface area contributed by atoms with Crippen molar-refractivity contribution in [1.82, 2.24) is 10.2 Å². The fourth-order valence-corrected chi connectivity index (χ4v) is 3.14. The highest BCUT2D eigenvalue weighted by Gasteiger charge is 2.17. The number of nitrogens with one attached hydrogen (secondary N) is 1. The molecule has 0 aliphatic heterocycles. The molecule has 0 saturated heterocycles. The van der Waals surface area contributed by atoms with Gasteiger partial charge in [0.2, 0.25) is 11.0 Å². The van der Waals surface area contributed by atoms with Gasteiger partial charge in [0.1, 0.15) is 0 Å². The molecule has 0 saturated carbocycles. The first-order chi connectivity index (χ1) is 9.21. The summed E-state index contributed by atoms with van der Waals surface area (Å²) in [4.78, 5) is 12.1. The van der Waals surface area contributed by atoms with Crippen LogP contribution in [0, 0.1) is 5.92 Å². The molecule has 1 aromatic heterocycles. The lowest BCUT2D eigenvalue weighted by Gasteiger charge is -2.12. The first kappa shape index (κ1) is 16.2. The molecule has 6 heteroatoms. The minimum absolute atomic E-state index is 0.0624. The van der Waals surface area contributed by atoms with E-state index in [0.29, 0.717) is 5.13 Å². The normalized spacial score (nSPS) is 12.1. The highest BCUT2D eigenvalue weighted by molar-refractivity contribution is 8.01. The molecule has 1 aromatic rings. The van der Waals surface area contributed by atoms with Crippen molar-refractivity contribution in [2.75, 3.05) is 11.1 Å². The van der Waals surface area contributed by atoms with Crippen LogP contribution in [0.3, 0.4) is 0 Å². The first-order valence-corrected chi connectivity index (χ1v) is 8.39. The SMILES string of the molecule is C=CCSc1nnc(NC(=O)[C@@H](CC)CCCC)s1. The number of hydrogen-bond acceptors (Lipinski definition) is 5. The summed E-state index contributed by atoms with van der Waals surface area (Å²) >= 11 is 2.99. The molecule has 1 rings (SSSR count). The topological polar surface area (TPSA) is 54.9 Å². The Hall–Kier alpha value is -0.880. The summed E-state index contributed by atoms with van der Waals surface area (Å²) in [5, 5.41) is 11.5. The zero-order valence-corrected chi connectivity index (χ0v) is 13.1. The average Bonchev–Trinajstić information content (AvgIpc) is 2.84. The maximum atomic E-state index is 12.1. The number of carbonyl (C=O) groups excluding carboxylic acids is 1. The van der Waals surface area contributed by atoms with E-state index in [1.807, 2.05) is 13.0 Å². The van der Waals surface area contributed by atoms with E-state index < -0.39 is 0 Å². The second-order valence-corrected chi connectivity index (χ2v) is 6.45. The summed E-state index contributed by atoms with van der Waals surface area (Å²) in [5.41, 5.74) is 0. The number of anilines is 1. The number of thioether (sulfide) groups is 1. The monoisotopic (exact) mass is 299 g/mol. The lowest BCUT2D eigenvalue weighted by atomic mass is 9.99. The molecule has 1 N–H and O–H groups in total. The Bertz CT molecular complexity index is 406. The molecule has 0 radical (unpaired) electrons. The van der Waals surface area contributed by atoms with Gasteiger partial charge in [-0.15, -0.1) is 16.8 Å². The summed E-state index contributed by atoms with van der Waals surface area (Å²) in [7, 11) is 0. The van der Waals surface area contributed by atoms with Crippen molar-refractivity contribution in [2.45, 2.75) is 43.9 Å². The number of unbranched alkanes of at least 4 members (excludes halogenated alkanes) is 1. The minimum atomic E-state index is 0.0624. The molecule has 106 valence electrons. The third kappa shape index (κ3) is 5.74. The van der Waals surface area contributed by atoms with Gasteiger partial charge in [0.15, 0.2) is 4.34 Å². The molecule has 1 heterocycles. The molecule has 0 unspecified atom stereocenters. The van der Waals surface area contributed by atoms with Crippen LogP contribution in [-0.2, 0) is 4.79 Å². The summed E-state index contributed by atoms with van der Waals surface area (Å²) in [6.45, 7) is 7.84. The Labute approximate surface area is 123 Å². The third-order valence-corrected chi connectivity index (χ3v) is 4.70. The highest BCUT2D eigenvalue weighted by Crippen LogP contribution is 2.26. The number of nitrogens with zero attached hydrogens (tertiary/aromatic N) is 2. The summed E-state index contributed by atoms with van der Waals surface area (Å²) in [6.07, 6.45) is 5.83. The van der Waals surface area contributed by atoms with Crippen LogP contribution in [0.4, 0.5) is 5.13 Å². The minimum Gasteiger partial charge on any atom is -0.300 e. The molecular formula is C13H21N3OS2. The van der Waals surface area contributed by atoms with Crippen molar-refractivity contribution >= 4 is 34.1 Å². The number of hydrogen-bond donors (Lipinski definition) is 1. The maximum Gasteiger partial charge on any atom is 0.229 e. The van der Waals surface area contributed by atoms with Crippen molar-refractivity contribution in [3.05, 3.63) is 12.7 Å². The largest absolute Gasteiger partial charge is 0.300 e. The van der Waals surface area contributed by atoms with E-state index in [-0.39, 0.29) is 11.8 Å². The van der Waals surface area contributed by atoms with Gasteiger partial charge in [-0.3, -0.25) is 4.79 Å². The van der Waals surface area contributed by atoms with Gasteiger partial charge in [0.25, 0.3) is 0 Å². The Balaban J connectivity index is 2.50. The molecule has 0 fully saturated rings. The van der Waals surface area contributed by atoms with Crippen LogP contribution in [0.25, 0.3) is 0 Å². The summed E-state index contributed by atoms with van der Waals surface area (Å²) < 4.78 is 0.858. The Morgan fingerprint density at radius 3 is 2.95 bits per heavy atom. The maximum absolute atomic E-state index is 12.1. The molecule has 0 aromatic carbocycles. The van der Waals surface area contributed by atoms with Crippen molar-refractivity contribution in [3.8, 4) is 0 Å². The molecule has 19 heavy (non-hydrogen) atoms. The predicted octanol–water partition coefficient (Wildman–Crippen LogP) is 3.97. The van der Waals surface area contributed by atoms with Crippen LogP contribution in [0.15, 0.2) is 17.0 Å². The molecule has 0 bridgehead atoms. The van der Waals surface area contributed by atoms with Gasteiger partial charge in [-0.1, -0.05) is 55.9 Å². The fraction of sp³-hybridized carbons (Fsp3) is 0.615. The molecular weight excluding hydrogens is 278 g/mol. The quantitative estimate of drug-likeness (QED) is 0.426. The second-order valence-electron chi connectivity index (χ2n) is 4.21. The van der Waals surface area contributed by atoms with E-state index in [9.17, 15) is 4.79 Å². The smallest absolute Gasteiger partial charge is 0.229 e. The standard InChI is InChI=1S/C13H21N3OS2/c1-4-7-8-10(6-3)11(17)14-12-15-16-13(19-12)18-9-5-2/h5,10H,2,4,6-9H2,1,3H3,(H,14,15,17)/t10-/m0/s1. The van der Waals surface area contributed by atoms with Crippen LogP contribution in [0.1, 0.15) is 39.5 Å². The molecule has 0 spiro atoms. The van der Waals surface area contributed by atoms with Gasteiger partial charge >= 0.3 is 0 Å². The number of amides is 1. The molecule has 1 atom stereocenters. The summed E-state index contributed by atoms with van der Waals surface area (Å²) in [6, 6.07) is 0. The molecule has 0 aliphatic carbocycles. The Morgan fingerprint density at radius 2 is 2.32 bits per heavy atom. The zero-order chi connectivity index (χ0) is 14.1. The van der Waals surface area contributed by atoms with Crippen LogP contribution in [0.2, 0.25) is 0 Å². The van der Waals surface area contributed by atoms with E-state index in [0.717, 1.165) is 35.8 Å². The van der Waals surface area contributed by atoms with E-state index >= 15 is 0 Å². The average molecular weight is 299 g/mol. The van der Waals surface area contributed by atoms with Gasteiger partial charge in [0.05, 0.1) is 0 Å². The summed E-state index contributed by atoms with van der Waals surface area (Å²) in [5.74, 6) is 0.942. The van der Waals surface area contributed by atoms with Crippen LogP contribution in [0.5, 0.6) is 0 Å². The number of aromatic nitrogens is 2. The Morgan fingerprint density at radius 1 is 1.53 bits per heavy atom. The van der Waals surface area contributed by atoms with E-state index in [2.05, 4.69) is 29.0 Å². The van der Waals surface area contributed by atoms with Crippen molar-refractivity contribution in [3.63, 3.8) is 0 Å². The molecule has 0 aliphatic rings. The van der Waals surface area contributed by atoms with Gasteiger partial charge in [-0.2, -0.15) is 0 Å². The van der Waals surface area contributed by atoms with E-state index in [1.165, 1.54) is 11.3 Å². The predicted molar refractivity (Wildman–Crippen MR) is 82.8 cm³/mol. The number of rotatable bonds is 9.